The molecule has 4 heteroatoms. The molecule has 1 N–H and O–H groups in total. The van der Waals surface area contributed by atoms with Crippen LogP contribution in [0, 0.1) is 18.8 Å². The van der Waals surface area contributed by atoms with Crippen molar-refractivity contribution < 1.29 is 9.59 Å². The lowest BCUT2D eigenvalue weighted by Gasteiger charge is -2.38. The Bertz CT molecular complexity index is 590. The Labute approximate surface area is 144 Å². The van der Waals surface area contributed by atoms with Gasteiger partial charge in [-0.05, 0) is 37.7 Å². The first-order valence-corrected chi connectivity index (χ1v) is 9.16. The maximum absolute atomic E-state index is 12.8. The Morgan fingerprint density at radius 3 is 2.50 bits per heavy atom. The second kappa shape index (κ2) is 7.37. The van der Waals surface area contributed by atoms with E-state index in [0.29, 0.717) is 18.8 Å². The third kappa shape index (κ3) is 3.63. The number of hydrogen-bond donors (Lipinski definition) is 1. The van der Waals surface area contributed by atoms with Gasteiger partial charge in [-0.2, -0.15) is 0 Å². The van der Waals surface area contributed by atoms with Crippen LogP contribution in [0.5, 0.6) is 0 Å². The second-order valence-corrected chi connectivity index (χ2v) is 7.40. The van der Waals surface area contributed by atoms with Crippen molar-refractivity contribution in [1.29, 1.82) is 0 Å². The van der Waals surface area contributed by atoms with Crippen molar-refractivity contribution in [2.45, 2.75) is 51.5 Å². The summed E-state index contributed by atoms with van der Waals surface area (Å²) in [6, 6.07) is 8.04. The molecule has 2 amide bonds. The summed E-state index contributed by atoms with van der Waals surface area (Å²) in [7, 11) is 1.82. The lowest BCUT2D eigenvalue weighted by molar-refractivity contribution is -0.141. The van der Waals surface area contributed by atoms with Crippen LogP contribution >= 0.6 is 0 Å². The zero-order valence-electron chi connectivity index (χ0n) is 14.8. The Morgan fingerprint density at radius 2 is 1.83 bits per heavy atom. The molecule has 1 heterocycles. The number of carbonyl (C=O) groups excluding carboxylic acids is 2. The van der Waals surface area contributed by atoms with Crippen LogP contribution < -0.4 is 5.32 Å². The molecule has 1 aliphatic carbocycles. The van der Waals surface area contributed by atoms with E-state index >= 15 is 0 Å². The lowest BCUT2D eigenvalue weighted by atomic mass is 9.83. The van der Waals surface area contributed by atoms with Gasteiger partial charge in [0.25, 0.3) is 0 Å². The van der Waals surface area contributed by atoms with E-state index < -0.39 is 0 Å². The van der Waals surface area contributed by atoms with Crippen molar-refractivity contribution in [3.63, 3.8) is 0 Å². The van der Waals surface area contributed by atoms with Gasteiger partial charge in [0.2, 0.25) is 11.8 Å². The zero-order chi connectivity index (χ0) is 17.1. The number of amides is 2. The van der Waals surface area contributed by atoms with Crippen LogP contribution in [-0.2, 0) is 9.59 Å². The highest BCUT2D eigenvalue weighted by molar-refractivity contribution is 5.84. The molecule has 1 saturated carbocycles. The molecule has 0 spiro atoms. The van der Waals surface area contributed by atoms with Crippen LogP contribution in [-0.4, -0.2) is 30.3 Å². The normalized spacial score (nSPS) is 25.1. The molecule has 2 unspecified atom stereocenters. The molecular formula is C20H28N2O2. The molecule has 2 fully saturated rings. The van der Waals surface area contributed by atoms with E-state index in [4.69, 9.17) is 0 Å². The maximum Gasteiger partial charge on any atom is 0.225 e. The summed E-state index contributed by atoms with van der Waals surface area (Å²) in [6.45, 7) is 2.83. The number of piperidine rings is 1. The molecule has 0 aromatic heterocycles. The van der Waals surface area contributed by atoms with Gasteiger partial charge in [0.1, 0.15) is 0 Å². The van der Waals surface area contributed by atoms with Gasteiger partial charge in [-0.15, -0.1) is 0 Å². The number of likely N-dealkylation sites (tertiary alicyclic amines) is 1. The number of benzene rings is 1. The number of nitrogens with one attached hydrogen (secondary N) is 1. The fourth-order valence-electron chi connectivity index (χ4n) is 4.12. The molecule has 1 aromatic rings. The average molecular weight is 328 g/mol. The van der Waals surface area contributed by atoms with Crippen LogP contribution in [0.1, 0.15) is 55.7 Å². The molecule has 0 bridgehead atoms. The average Bonchev–Trinajstić information content (AvgIpc) is 3.09. The third-order valence-corrected chi connectivity index (χ3v) is 5.66. The predicted molar refractivity (Wildman–Crippen MR) is 94.4 cm³/mol. The summed E-state index contributed by atoms with van der Waals surface area (Å²) < 4.78 is 0. The van der Waals surface area contributed by atoms with Gasteiger partial charge in [0.15, 0.2) is 0 Å². The van der Waals surface area contributed by atoms with Gasteiger partial charge in [-0.1, -0.05) is 42.7 Å². The lowest BCUT2D eigenvalue weighted by Crippen LogP contribution is -2.47. The summed E-state index contributed by atoms with van der Waals surface area (Å²) in [5, 5.41) is 3.16. The van der Waals surface area contributed by atoms with Crippen molar-refractivity contribution in [2.75, 3.05) is 13.6 Å². The van der Waals surface area contributed by atoms with Gasteiger partial charge < -0.3 is 10.2 Å². The van der Waals surface area contributed by atoms with Crippen molar-refractivity contribution in [3.8, 4) is 0 Å². The highest BCUT2D eigenvalue weighted by Crippen LogP contribution is 2.36. The highest BCUT2D eigenvalue weighted by atomic mass is 16.2. The van der Waals surface area contributed by atoms with Gasteiger partial charge in [-0.3, -0.25) is 9.59 Å². The molecule has 3 rings (SSSR count). The minimum atomic E-state index is -0.157. The van der Waals surface area contributed by atoms with Crippen LogP contribution in [0.15, 0.2) is 24.3 Å². The Kier molecular flexibility index (Phi) is 5.22. The standard InChI is InChI=1S/C20H28N2O2/c1-14-7-9-16(10-8-14)19-17(11-12-18(23)22(19)2)20(24)21-13-15-5-3-4-6-15/h7-10,15,17,19H,3-6,11-13H2,1-2H3,(H,21,24). The van der Waals surface area contributed by atoms with Crippen molar-refractivity contribution in [1.82, 2.24) is 10.2 Å². The van der Waals surface area contributed by atoms with Crippen LogP contribution in [0.25, 0.3) is 0 Å². The molecule has 1 aromatic carbocycles. The smallest absolute Gasteiger partial charge is 0.225 e. The highest BCUT2D eigenvalue weighted by Gasteiger charge is 2.38. The fourth-order valence-corrected chi connectivity index (χ4v) is 4.12. The fraction of sp³-hybridized carbons (Fsp3) is 0.600. The molecule has 4 nitrogen and oxygen atoms in total. The summed E-state index contributed by atoms with van der Waals surface area (Å²) in [5.41, 5.74) is 2.24. The van der Waals surface area contributed by atoms with E-state index in [9.17, 15) is 9.59 Å². The number of aryl methyl sites for hydroxylation is 1. The zero-order valence-corrected chi connectivity index (χ0v) is 14.8. The topological polar surface area (TPSA) is 49.4 Å². The van der Waals surface area contributed by atoms with Crippen molar-refractivity contribution in [3.05, 3.63) is 35.4 Å². The molecular weight excluding hydrogens is 300 g/mol. The summed E-state index contributed by atoms with van der Waals surface area (Å²) >= 11 is 0. The van der Waals surface area contributed by atoms with Crippen LogP contribution in [0.4, 0.5) is 0 Å². The number of rotatable bonds is 4. The number of nitrogens with zero attached hydrogens (tertiary/aromatic N) is 1. The van der Waals surface area contributed by atoms with E-state index in [2.05, 4.69) is 17.4 Å². The van der Waals surface area contributed by atoms with Crippen molar-refractivity contribution in [2.24, 2.45) is 11.8 Å². The van der Waals surface area contributed by atoms with E-state index in [1.807, 2.05) is 26.1 Å². The van der Waals surface area contributed by atoms with E-state index in [0.717, 1.165) is 12.1 Å². The van der Waals surface area contributed by atoms with Crippen molar-refractivity contribution >= 4 is 11.8 Å². The van der Waals surface area contributed by atoms with E-state index in [1.165, 1.54) is 31.2 Å². The first-order chi connectivity index (χ1) is 11.6. The first kappa shape index (κ1) is 17.0. The molecule has 130 valence electrons. The minimum absolute atomic E-state index is 0.104. The molecule has 2 aliphatic rings. The Morgan fingerprint density at radius 1 is 1.17 bits per heavy atom. The second-order valence-electron chi connectivity index (χ2n) is 7.40. The Hall–Kier alpha value is -1.84. The summed E-state index contributed by atoms with van der Waals surface area (Å²) in [6.07, 6.45) is 6.12. The largest absolute Gasteiger partial charge is 0.356 e. The van der Waals surface area contributed by atoms with Gasteiger partial charge in [0.05, 0.1) is 12.0 Å². The summed E-state index contributed by atoms with van der Waals surface area (Å²) in [5.74, 6) is 0.707. The predicted octanol–water partition coefficient (Wildman–Crippen LogP) is 3.21. The maximum atomic E-state index is 12.8. The number of hydrogen-bond acceptors (Lipinski definition) is 2. The molecule has 2 atom stereocenters. The SMILES string of the molecule is Cc1ccc(C2C(C(=O)NCC3CCCC3)CCC(=O)N2C)cc1. The van der Waals surface area contributed by atoms with Gasteiger partial charge in [-0.25, -0.2) is 0 Å². The quantitative estimate of drug-likeness (QED) is 0.922. The third-order valence-electron chi connectivity index (χ3n) is 5.66. The Balaban J connectivity index is 1.74. The molecule has 24 heavy (non-hydrogen) atoms. The summed E-state index contributed by atoms with van der Waals surface area (Å²) in [4.78, 5) is 26.7. The van der Waals surface area contributed by atoms with Crippen LogP contribution in [0.2, 0.25) is 0 Å². The van der Waals surface area contributed by atoms with Gasteiger partial charge >= 0.3 is 0 Å². The van der Waals surface area contributed by atoms with E-state index in [-0.39, 0.29) is 23.8 Å². The first-order valence-electron chi connectivity index (χ1n) is 9.16. The molecule has 1 saturated heterocycles. The number of carbonyl (C=O) groups is 2. The van der Waals surface area contributed by atoms with Crippen LogP contribution in [0.3, 0.4) is 0 Å². The monoisotopic (exact) mass is 328 g/mol. The van der Waals surface area contributed by atoms with E-state index in [1.54, 1.807) is 4.90 Å². The molecule has 0 radical (unpaired) electrons. The van der Waals surface area contributed by atoms with Gasteiger partial charge in [0, 0.05) is 20.0 Å². The minimum Gasteiger partial charge on any atom is -0.356 e. The molecule has 1 aliphatic heterocycles.